The van der Waals surface area contributed by atoms with Crippen LogP contribution < -0.4 is 10.9 Å². The Morgan fingerprint density at radius 1 is 1.21 bits per heavy atom. The molecule has 0 radical (unpaired) electrons. The molecule has 8 nitrogen and oxygen atoms in total. The maximum atomic E-state index is 13.5. The number of ether oxygens (including phenoxy) is 1. The average Bonchev–Trinajstić information content (AvgIpc) is 3.24. The van der Waals surface area contributed by atoms with Crippen molar-refractivity contribution in [3.05, 3.63) is 76.7 Å². The molecule has 0 bridgehead atoms. The van der Waals surface area contributed by atoms with E-state index in [4.69, 9.17) is 4.74 Å². The van der Waals surface area contributed by atoms with Crippen LogP contribution in [0.25, 0.3) is 22.2 Å². The van der Waals surface area contributed by atoms with E-state index < -0.39 is 6.04 Å². The summed E-state index contributed by atoms with van der Waals surface area (Å²) >= 11 is 0. The van der Waals surface area contributed by atoms with Crippen molar-refractivity contribution >= 4 is 16.9 Å². The highest BCUT2D eigenvalue weighted by atomic mass is 19.1. The van der Waals surface area contributed by atoms with Gasteiger partial charge in [0.25, 0.3) is 5.56 Å². The third-order valence-corrected chi connectivity index (χ3v) is 5.93. The number of hydrogen-bond donors (Lipinski definition) is 3. The number of aromatic nitrogens is 4. The first-order valence-electron chi connectivity index (χ1n) is 10.9. The molecular formula is C24H24FN5O3. The van der Waals surface area contributed by atoms with E-state index in [9.17, 15) is 14.3 Å². The topological polar surface area (TPSA) is 105 Å². The quantitative estimate of drug-likeness (QED) is 0.418. The Kier molecular flexibility index (Phi) is 5.89. The fourth-order valence-electron chi connectivity index (χ4n) is 4.16. The van der Waals surface area contributed by atoms with Crippen LogP contribution in [0.4, 0.5) is 10.3 Å². The van der Waals surface area contributed by atoms with Crippen LogP contribution in [0.2, 0.25) is 0 Å². The number of hydrogen-bond acceptors (Lipinski definition) is 6. The van der Waals surface area contributed by atoms with Crippen LogP contribution in [0.1, 0.15) is 24.6 Å². The van der Waals surface area contributed by atoms with Gasteiger partial charge in [-0.2, -0.15) is 0 Å². The molecular weight excluding hydrogens is 425 g/mol. The summed E-state index contributed by atoms with van der Waals surface area (Å²) in [5.74, 6) is 0.174. The van der Waals surface area contributed by atoms with Crippen LogP contribution in [-0.4, -0.2) is 50.5 Å². The predicted octanol–water partition coefficient (Wildman–Crippen LogP) is 3.10. The smallest absolute Gasteiger partial charge is 0.251 e. The molecule has 0 saturated carbocycles. The zero-order valence-corrected chi connectivity index (χ0v) is 17.9. The summed E-state index contributed by atoms with van der Waals surface area (Å²) in [6.07, 6.45) is 5.09. The molecule has 1 aromatic carbocycles. The standard InChI is InChI=1S/C24H24FN5O3/c25-17-1-2-19-16(11-17)12-21(28-19)22(14-31)30-8-4-15(13-23(30)32)20-3-7-26-24(29-20)27-18-5-9-33-10-6-18/h1-4,7-8,11-13,18,22,28,31H,5-6,9-10,14H2,(H,26,27,29)/t22-/m1/s1. The van der Waals surface area contributed by atoms with Gasteiger partial charge in [0.2, 0.25) is 5.95 Å². The molecule has 3 N–H and O–H groups in total. The van der Waals surface area contributed by atoms with Crippen LogP contribution in [0.3, 0.4) is 0 Å². The number of aliphatic hydroxyl groups is 1. The Morgan fingerprint density at radius 3 is 2.85 bits per heavy atom. The van der Waals surface area contributed by atoms with Gasteiger partial charge in [0, 0.05) is 59.9 Å². The van der Waals surface area contributed by atoms with E-state index in [-0.39, 0.29) is 24.0 Å². The van der Waals surface area contributed by atoms with Gasteiger partial charge >= 0.3 is 0 Å². The predicted molar refractivity (Wildman–Crippen MR) is 123 cm³/mol. The van der Waals surface area contributed by atoms with E-state index in [2.05, 4.69) is 20.3 Å². The summed E-state index contributed by atoms with van der Waals surface area (Å²) in [6, 6.07) is 10.8. The second kappa shape index (κ2) is 9.13. The molecule has 1 saturated heterocycles. The molecule has 0 aliphatic carbocycles. The number of rotatable bonds is 6. The van der Waals surface area contributed by atoms with Gasteiger partial charge in [-0.05, 0) is 49.2 Å². The van der Waals surface area contributed by atoms with Gasteiger partial charge in [-0.25, -0.2) is 14.4 Å². The lowest BCUT2D eigenvalue weighted by Gasteiger charge is -2.23. The highest BCUT2D eigenvalue weighted by molar-refractivity contribution is 5.80. The Balaban J connectivity index is 1.41. The largest absolute Gasteiger partial charge is 0.394 e. The van der Waals surface area contributed by atoms with Gasteiger partial charge in [-0.1, -0.05) is 0 Å². The molecule has 9 heteroatoms. The zero-order valence-electron chi connectivity index (χ0n) is 17.9. The molecule has 4 heterocycles. The molecule has 170 valence electrons. The number of pyridine rings is 1. The molecule has 0 unspecified atom stereocenters. The van der Waals surface area contributed by atoms with Crippen molar-refractivity contribution in [1.82, 2.24) is 19.5 Å². The number of aromatic amines is 1. The lowest BCUT2D eigenvalue weighted by atomic mass is 10.1. The van der Waals surface area contributed by atoms with Crippen molar-refractivity contribution < 1.29 is 14.2 Å². The Hall–Kier alpha value is -3.56. The maximum absolute atomic E-state index is 13.5. The van der Waals surface area contributed by atoms with Crippen molar-refractivity contribution in [2.24, 2.45) is 0 Å². The number of anilines is 1. The first-order valence-corrected chi connectivity index (χ1v) is 10.9. The normalized spacial score (nSPS) is 15.6. The molecule has 5 rings (SSSR count). The van der Waals surface area contributed by atoms with Crippen molar-refractivity contribution in [3.8, 4) is 11.3 Å². The van der Waals surface area contributed by atoms with E-state index >= 15 is 0 Å². The van der Waals surface area contributed by atoms with E-state index in [1.54, 1.807) is 36.7 Å². The summed E-state index contributed by atoms with van der Waals surface area (Å²) in [5, 5.41) is 14.0. The monoisotopic (exact) mass is 449 g/mol. The molecule has 1 fully saturated rings. The van der Waals surface area contributed by atoms with Gasteiger partial charge in [0.1, 0.15) is 5.82 Å². The number of benzene rings is 1. The van der Waals surface area contributed by atoms with Crippen molar-refractivity contribution in [2.45, 2.75) is 24.9 Å². The van der Waals surface area contributed by atoms with Crippen LogP contribution in [0.15, 0.2) is 59.7 Å². The van der Waals surface area contributed by atoms with Crippen LogP contribution >= 0.6 is 0 Å². The summed E-state index contributed by atoms with van der Waals surface area (Å²) in [4.78, 5) is 25.0. The van der Waals surface area contributed by atoms with Gasteiger partial charge in [-0.15, -0.1) is 0 Å². The fraction of sp³-hybridized carbons (Fsp3) is 0.292. The second-order valence-corrected chi connectivity index (χ2v) is 8.11. The molecule has 1 aliphatic heterocycles. The molecule has 1 atom stereocenters. The van der Waals surface area contributed by atoms with Crippen LogP contribution in [-0.2, 0) is 4.74 Å². The highest BCUT2D eigenvalue weighted by Crippen LogP contribution is 2.24. The summed E-state index contributed by atoms with van der Waals surface area (Å²) < 4.78 is 20.4. The van der Waals surface area contributed by atoms with E-state index in [1.807, 2.05) is 0 Å². The molecule has 0 amide bonds. The van der Waals surface area contributed by atoms with Gasteiger partial charge in [-0.3, -0.25) is 4.79 Å². The number of H-pyrrole nitrogens is 1. The SMILES string of the molecule is O=c1cc(-c2ccnc(NC3CCOCC3)n2)ccn1[C@H](CO)c1cc2cc(F)ccc2[nH]1. The number of halogens is 1. The van der Waals surface area contributed by atoms with Crippen molar-refractivity contribution in [2.75, 3.05) is 25.1 Å². The lowest BCUT2D eigenvalue weighted by Crippen LogP contribution is -2.28. The summed E-state index contributed by atoms with van der Waals surface area (Å²) in [7, 11) is 0. The van der Waals surface area contributed by atoms with Gasteiger partial charge < -0.3 is 24.7 Å². The number of nitrogens with one attached hydrogen (secondary N) is 2. The third kappa shape index (κ3) is 4.50. The first-order chi connectivity index (χ1) is 16.1. The average molecular weight is 449 g/mol. The Labute approximate surface area is 189 Å². The summed E-state index contributed by atoms with van der Waals surface area (Å²) in [5.41, 5.74) is 2.36. The number of nitrogens with zero attached hydrogens (tertiary/aromatic N) is 3. The van der Waals surface area contributed by atoms with Crippen molar-refractivity contribution in [1.29, 1.82) is 0 Å². The molecule has 33 heavy (non-hydrogen) atoms. The third-order valence-electron chi connectivity index (χ3n) is 5.93. The van der Waals surface area contributed by atoms with Gasteiger partial charge in [0.05, 0.1) is 18.3 Å². The maximum Gasteiger partial charge on any atom is 0.251 e. The Bertz CT molecular complexity index is 1330. The van der Waals surface area contributed by atoms with E-state index in [1.165, 1.54) is 22.8 Å². The Morgan fingerprint density at radius 2 is 2.06 bits per heavy atom. The highest BCUT2D eigenvalue weighted by Gasteiger charge is 2.18. The summed E-state index contributed by atoms with van der Waals surface area (Å²) in [6.45, 7) is 1.14. The zero-order chi connectivity index (χ0) is 22.8. The minimum absolute atomic E-state index is 0.261. The fourth-order valence-corrected chi connectivity index (χ4v) is 4.16. The molecule has 3 aromatic heterocycles. The van der Waals surface area contributed by atoms with E-state index in [0.717, 1.165) is 18.4 Å². The molecule has 1 aliphatic rings. The van der Waals surface area contributed by atoms with Gasteiger partial charge in [0.15, 0.2) is 0 Å². The molecule has 0 spiro atoms. The minimum atomic E-state index is -0.627. The number of aliphatic hydroxyl groups excluding tert-OH is 1. The number of fused-ring (bicyclic) bond motifs is 1. The second-order valence-electron chi connectivity index (χ2n) is 8.11. The van der Waals surface area contributed by atoms with Crippen LogP contribution in [0, 0.1) is 5.82 Å². The molecule has 4 aromatic rings. The van der Waals surface area contributed by atoms with E-state index in [0.29, 0.717) is 41.5 Å². The minimum Gasteiger partial charge on any atom is -0.394 e. The van der Waals surface area contributed by atoms with Crippen LogP contribution in [0.5, 0.6) is 0 Å². The van der Waals surface area contributed by atoms with Crippen molar-refractivity contribution in [3.63, 3.8) is 0 Å². The first kappa shape index (κ1) is 21.3. The lowest BCUT2D eigenvalue weighted by molar-refractivity contribution is 0.0903.